The van der Waals surface area contributed by atoms with E-state index in [4.69, 9.17) is 11.6 Å². The Kier molecular flexibility index (Phi) is 4.76. The third kappa shape index (κ3) is 3.50. The second kappa shape index (κ2) is 5.86. The molecule has 1 rings (SSSR count). The predicted molar refractivity (Wildman–Crippen MR) is 62.7 cm³/mol. The molecule has 0 aliphatic heterocycles. The van der Waals surface area contributed by atoms with Crippen LogP contribution in [0.4, 0.5) is 0 Å². The number of thiophene rings is 1. The summed E-state index contributed by atoms with van der Waals surface area (Å²) in [6.45, 7) is 0.463. The maximum atomic E-state index is 11.3. The van der Waals surface area contributed by atoms with Crippen molar-refractivity contribution in [3.8, 4) is 0 Å². The summed E-state index contributed by atoms with van der Waals surface area (Å²) in [6, 6.07) is 3.72. The van der Waals surface area contributed by atoms with Crippen LogP contribution in [-0.4, -0.2) is 37.5 Å². The smallest absolute Gasteiger partial charge is 0.396 e. The summed E-state index contributed by atoms with van der Waals surface area (Å²) in [5.41, 5.74) is 0. The molecule has 0 bridgehead atoms. The monoisotopic (exact) mass is 261 g/mol. The number of amides is 1. The van der Waals surface area contributed by atoms with E-state index in [1.807, 2.05) is 12.1 Å². The highest BCUT2D eigenvalue weighted by atomic mass is 35.5. The van der Waals surface area contributed by atoms with E-state index in [0.717, 1.165) is 9.21 Å². The van der Waals surface area contributed by atoms with E-state index in [1.54, 1.807) is 7.05 Å². The minimum absolute atomic E-state index is 0.463. The Morgan fingerprint density at radius 2 is 2.19 bits per heavy atom. The number of carbonyl (C=O) groups excluding carboxylic acids is 2. The number of carbonyl (C=O) groups is 2. The lowest BCUT2D eigenvalue weighted by Crippen LogP contribution is -2.35. The summed E-state index contributed by atoms with van der Waals surface area (Å²) in [5.74, 6) is -1.48. The summed E-state index contributed by atoms with van der Waals surface area (Å²) in [5, 5.41) is 0. The summed E-state index contributed by atoms with van der Waals surface area (Å²) in [4.78, 5) is 24.7. The van der Waals surface area contributed by atoms with Crippen LogP contribution in [0.25, 0.3) is 0 Å². The zero-order valence-electron chi connectivity index (χ0n) is 9.03. The van der Waals surface area contributed by atoms with Crippen molar-refractivity contribution in [1.29, 1.82) is 0 Å². The molecule has 0 fully saturated rings. The van der Waals surface area contributed by atoms with Crippen LogP contribution in [0.5, 0.6) is 0 Å². The van der Waals surface area contributed by atoms with E-state index in [2.05, 4.69) is 4.74 Å². The minimum atomic E-state index is -0.841. The summed E-state index contributed by atoms with van der Waals surface area (Å²) in [7, 11) is 2.75. The molecule has 0 atom stereocenters. The molecule has 6 heteroatoms. The fourth-order valence-electron chi connectivity index (χ4n) is 1.11. The zero-order chi connectivity index (χ0) is 12.1. The minimum Gasteiger partial charge on any atom is -0.462 e. The van der Waals surface area contributed by atoms with Gasteiger partial charge in [-0.3, -0.25) is 4.79 Å². The van der Waals surface area contributed by atoms with Crippen LogP contribution in [0.1, 0.15) is 4.88 Å². The van der Waals surface area contributed by atoms with E-state index in [9.17, 15) is 9.59 Å². The Morgan fingerprint density at radius 3 is 2.69 bits per heavy atom. The van der Waals surface area contributed by atoms with Crippen molar-refractivity contribution >= 4 is 34.8 Å². The van der Waals surface area contributed by atoms with Gasteiger partial charge in [0.05, 0.1) is 11.4 Å². The van der Waals surface area contributed by atoms with Gasteiger partial charge < -0.3 is 9.64 Å². The molecular weight excluding hydrogens is 250 g/mol. The second-order valence-electron chi connectivity index (χ2n) is 3.17. The van der Waals surface area contributed by atoms with Gasteiger partial charge in [-0.2, -0.15) is 0 Å². The molecule has 0 unspecified atom stereocenters. The average Bonchev–Trinajstić information content (AvgIpc) is 2.69. The Bertz CT molecular complexity index is 391. The lowest BCUT2D eigenvalue weighted by molar-refractivity contribution is -0.157. The topological polar surface area (TPSA) is 46.6 Å². The summed E-state index contributed by atoms with van der Waals surface area (Å²) < 4.78 is 5.06. The fourth-order valence-corrected chi connectivity index (χ4v) is 2.18. The van der Waals surface area contributed by atoms with Gasteiger partial charge in [0.1, 0.15) is 0 Å². The molecule has 1 aromatic rings. The third-order valence-electron chi connectivity index (χ3n) is 2.03. The van der Waals surface area contributed by atoms with Crippen molar-refractivity contribution in [2.45, 2.75) is 6.42 Å². The molecule has 0 N–H and O–H groups in total. The van der Waals surface area contributed by atoms with E-state index < -0.39 is 11.9 Å². The number of nitrogens with zero attached hydrogens (tertiary/aromatic N) is 1. The molecule has 0 radical (unpaired) electrons. The van der Waals surface area contributed by atoms with Crippen LogP contribution in [-0.2, 0) is 20.7 Å². The van der Waals surface area contributed by atoms with Crippen LogP contribution in [0, 0.1) is 0 Å². The molecule has 4 nitrogen and oxygen atoms in total. The average molecular weight is 262 g/mol. The molecule has 0 aliphatic rings. The largest absolute Gasteiger partial charge is 0.462 e. The molecule has 0 spiro atoms. The highest BCUT2D eigenvalue weighted by Gasteiger charge is 2.18. The lowest BCUT2D eigenvalue weighted by atomic mass is 10.3. The second-order valence-corrected chi connectivity index (χ2v) is 4.97. The standard InChI is InChI=1S/C10H12ClNO3S/c1-12(9(13)10(14)15-2)6-5-7-3-4-8(11)16-7/h3-4H,5-6H2,1-2H3. The quantitative estimate of drug-likeness (QED) is 0.613. The summed E-state index contributed by atoms with van der Waals surface area (Å²) >= 11 is 7.24. The van der Waals surface area contributed by atoms with E-state index >= 15 is 0 Å². The van der Waals surface area contributed by atoms with Gasteiger partial charge in [-0.25, -0.2) is 4.79 Å². The Morgan fingerprint density at radius 1 is 1.50 bits per heavy atom. The van der Waals surface area contributed by atoms with E-state index in [1.165, 1.54) is 23.3 Å². The van der Waals surface area contributed by atoms with Crippen molar-refractivity contribution in [1.82, 2.24) is 4.90 Å². The van der Waals surface area contributed by atoms with E-state index in [0.29, 0.717) is 13.0 Å². The molecule has 1 heterocycles. The van der Waals surface area contributed by atoms with Crippen LogP contribution in [0.15, 0.2) is 12.1 Å². The maximum absolute atomic E-state index is 11.3. The molecule has 0 saturated heterocycles. The van der Waals surface area contributed by atoms with Crippen molar-refractivity contribution in [2.24, 2.45) is 0 Å². The molecule has 0 aromatic carbocycles. The van der Waals surface area contributed by atoms with Crippen LogP contribution in [0.2, 0.25) is 4.34 Å². The SMILES string of the molecule is COC(=O)C(=O)N(C)CCc1ccc(Cl)s1. The molecule has 1 amide bonds. The zero-order valence-corrected chi connectivity index (χ0v) is 10.6. The van der Waals surface area contributed by atoms with Crippen molar-refractivity contribution in [3.05, 3.63) is 21.3 Å². The van der Waals surface area contributed by atoms with Crippen LogP contribution < -0.4 is 0 Å². The Hall–Kier alpha value is -1.07. The number of rotatable bonds is 3. The lowest BCUT2D eigenvalue weighted by Gasteiger charge is -2.14. The first-order valence-corrected chi connectivity index (χ1v) is 5.81. The number of likely N-dealkylation sites (N-methyl/N-ethyl adjacent to an activating group) is 1. The maximum Gasteiger partial charge on any atom is 0.396 e. The third-order valence-corrected chi connectivity index (χ3v) is 3.32. The Labute approximate surface area is 103 Å². The number of halogens is 1. The van der Waals surface area contributed by atoms with Crippen molar-refractivity contribution < 1.29 is 14.3 Å². The number of ether oxygens (including phenoxy) is 1. The van der Waals surface area contributed by atoms with Gasteiger partial charge in [-0.1, -0.05) is 11.6 Å². The highest BCUT2D eigenvalue weighted by Crippen LogP contribution is 2.21. The van der Waals surface area contributed by atoms with Gasteiger partial charge in [-0.15, -0.1) is 11.3 Å². The van der Waals surface area contributed by atoms with E-state index in [-0.39, 0.29) is 0 Å². The van der Waals surface area contributed by atoms with Crippen LogP contribution >= 0.6 is 22.9 Å². The van der Waals surface area contributed by atoms with Crippen molar-refractivity contribution in [2.75, 3.05) is 20.7 Å². The first-order chi connectivity index (χ1) is 7.54. The predicted octanol–water partition coefficient (Wildman–Crippen LogP) is 1.58. The van der Waals surface area contributed by atoms with Gasteiger partial charge in [0.2, 0.25) is 0 Å². The normalized spacial score (nSPS) is 9.94. The molecule has 1 aromatic heterocycles. The summed E-state index contributed by atoms with van der Waals surface area (Å²) in [6.07, 6.45) is 0.677. The first kappa shape index (κ1) is 13.0. The van der Waals surface area contributed by atoms with Gasteiger partial charge in [0, 0.05) is 18.5 Å². The number of hydrogen-bond donors (Lipinski definition) is 0. The number of esters is 1. The molecular formula is C10H12ClNO3S. The Balaban J connectivity index is 2.43. The number of methoxy groups -OCH3 is 1. The first-order valence-electron chi connectivity index (χ1n) is 4.62. The fraction of sp³-hybridized carbons (Fsp3) is 0.400. The van der Waals surface area contributed by atoms with Gasteiger partial charge in [-0.05, 0) is 18.6 Å². The molecule has 88 valence electrons. The van der Waals surface area contributed by atoms with Gasteiger partial charge in [0.25, 0.3) is 0 Å². The van der Waals surface area contributed by atoms with Crippen LogP contribution in [0.3, 0.4) is 0 Å². The molecule has 0 aliphatic carbocycles. The van der Waals surface area contributed by atoms with Crippen molar-refractivity contribution in [3.63, 3.8) is 0 Å². The number of hydrogen-bond acceptors (Lipinski definition) is 4. The van der Waals surface area contributed by atoms with Gasteiger partial charge in [0.15, 0.2) is 0 Å². The molecule has 16 heavy (non-hydrogen) atoms. The highest BCUT2D eigenvalue weighted by molar-refractivity contribution is 7.16. The van der Waals surface area contributed by atoms with Gasteiger partial charge >= 0.3 is 11.9 Å². The molecule has 0 saturated carbocycles.